The van der Waals surface area contributed by atoms with Crippen molar-refractivity contribution >= 4 is 0 Å². The van der Waals surface area contributed by atoms with E-state index in [1.165, 1.54) is 25.7 Å². The molecule has 0 radical (unpaired) electrons. The Balaban J connectivity index is 1.60. The van der Waals surface area contributed by atoms with Gasteiger partial charge in [-0.05, 0) is 51.0 Å². The Kier molecular flexibility index (Phi) is 3.35. The van der Waals surface area contributed by atoms with Crippen molar-refractivity contribution in [1.29, 1.82) is 0 Å². The minimum atomic E-state index is -0.293. The Hall–Kier alpha value is -0.940. The largest absolute Gasteiger partial charge is 0.370 e. The number of nitrogens with one attached hydrogen (secondary N) is 1. The second-order valence-corrected chi connectivity index (χ2v) is 5.49. The van der Waals surface area contributed by atoms with Crippen molar-refractivity contribution in [1.82, 2.24) is 15.5 Å². The number of nitrogens with zero attached hydrogens (tertiary/aromatic N) is 2. The zero-order chi connectivity index (χ0) is 12.4. The first-order valence-corrected chi connectivity index (χ1v) is 6.91. The minimum absolute atomic E-state index is 0.293. The molecule has 1 N–H and O–H groups in total. The smallest absolute Gasteiger partial charge is 0.240 e. The normalized spacial score (nSPS) is 22.5. The molecule has 0 bridgehead atoms. The van der Waals surface area contributed by atoms with Crippen LogP contribution in [0, 0.1) is 5.92 Å². The van der Waals surface area contributed by atoms with Gasteiger partial charge in [0.1, 0.15) is 5.60 Å². The molecule has 2 aliphatic carbocycles. The summed E-state index contributed by atoms with van der Waals surface area (Å²) in [5, 5.41) is 7.46. The van der Waals surface area contributed by atoms with Crippen LogP contribution >= 0.6 is 0 Å². The van der Waals surface area contributed by atoms with Crippen LogP contribution in [0.3, 0.4) is 0 Å². The molecule has 5 heteroatoms. The van der Waals surface area contributed by atoms with Crippen LogP contribution in [-0.2, 0) is 16.9 Å². The quantitative estimate of drug-likeness (QED) is 0.837. The van der Waals surface area contributed by atoms with Crippen LogP contribution in [0.4, 0.5) is 0 Å². The third kappa shape index (κ3) is 2.42. The van der Waals surface area contributed by atoms with Gasteiger partial charge < -0.3 is 14.6 Å². The number of hydrogen-bond acceptors (Lipinski definition) is 5. The maximum atomic E-state index is 5.65. The summed E-state index contributed by atoms with van der Waals surface area (Å²) in [5.74, 6) is 2.27. The molecule has 1 heterocycles. The van der Waals surface area contributed by atoms with E-state index in [4.69, 9.17) is 9.26 Å². The molecule has 0 aromatic carbocycles. The molecule has 100 valence electrons. The topological polar surface area (TPSA) is 60.2 Å². The zero-order valence-electron chi connectivity index (χ0n) is 10.9. The summed E-state index contributed by atoms with van der Waals surface area (Å²) in [6, 6.07) is 0. The highest BCUT2D eigenvalue weighted by molar-refractivity contribution is 5.04. The van der Waals surface area contributed by atoms with E-state index in [-0.39, 0.29) is 5.60 Å². The van der Waals surface area contributed by atoms with Gasteiger partial charge in [-0.25, -0.2) is 0 Å². The number of aromatic nitrogens is 2. The molecule has 18 heavy (non-hydrogen) atoms. The van der Waals surface area contributed by atoms with Crippen LogP contribution in [0.15, 0.2) is 4.52 Å². The predicted molar refractivity (Wildman–Crippen MR) is 65.9 cm³/mol. The molecular weight excluding hydrogens is 230 g/mol. The van der Waals surface area contributed by atoms with Crippen molar-refractivity contribution in [3.8, 4) is 0 Å². The standard InChI is InChI=1S/C13H21N3O2/c1-17-13(6-2-3-7-13)12-15-11(18-16-12)9-14-8-10-4-5-10/h10,14H,2-9H2,1H3. The van der Waals surface area contributed by atoms with Crippen LogP contribution < -0.4 is 5.32 Å². The van der Waals surface area contributed by atoms with E-state index >= 15 is 0 Å². The molecule has 0 spiro atoms. The van der Waals surface area contributed by atoms with Crippen molar-refractivity contribution in [2.75, 3.05) is 13.7 Å². The molecule has 5 nitrogen and oxygen atoms in total. The molecule has 1 aromatic rings. The van der Waals surface area contributed by atoms with Crippen molar-refractivity contribution in [2.24, 2.45) is 5.92 Å². The van der Waals surface area contributed by atoms with Gasteiger partial charge in [-0.2, -0.15) is 4.98 Å². The molecule has 0 saturated heterocycles. The first-order valence-electron chi connectivity index (χ1n) is 6.91. The maximum Gasteiger partial charge on any atom is 0.240 e. The van der Waals surface area contributed by atoms with Crippen LogP contribution in [0.1, 0.15) is 50.2 Å². The van der Waals surface area contributed by atoms with E-state index < -0.39 is 0 Å². The molecule has 2 fully saturated rings. The Morgan fingerprint density at radius 3 is 2.83 bits per heavy atom. The molecule has 0 aliphatic heterocycles. The van der Waals surface area contributed by atoms with Gasteiger partial charge in [-0.15, -0.1) is 0 Å². The minimum Gasteiger partial charge on any atom is -0.370 e. The van der Waals surface area contributed by atoms with Gasteiger partial charge in [0, 0.05) is 7.11 Å². The average Bonchev–Trinajstić information content (AvgIpc) is 2.92. The number of hydrogen-bond donors (Lipinski definition) is 1. The van der Waals surface area contributed by atoms with Gasteiger partial charge in [0.25, 0.3) is 0 Å². The maximum absolute atomic E-state index is 5.65. The third-order valence-electron chi connectivity index (χ3n) is 4.08. The monoisotopic (exact) mass is 251 g/mol. The van der Waals surface area contributed by atoms with Crippen molar-refractivity contribution in [3.63, 3.8) is 0 Å². The van der Waals surface area contributed by atoms with Gasteiger partial charge in [0.2, 0.25) is 11.7 Å². The summed E-state index contributed by atoms with van der Waals surface area (Å²) in [4.78, 5) is 4.49. The van der Waals surface area contributed by atoms with E-state index in [0.29, 0.717) is 12.4 Å². The van der Waals surface area contributed by atoms with Crippen molar-refractivity contribution in [2.45, 2.75) is 50.7 Å². The number of rotatable bonds is 6. The van der Waals surface area contributed by atoms with Crippen LogP contribution in [-0.4, -0.2) is 23.8 Å². The molecule has 0 amide bonds. The molecule has 0 atom stereocenters. The van der Waals surface area contributed by atoms with Crippen molar-refractivity contribution in [3.05, 3.63) is 11.7 Å². The Morgan fingerprint density at radius 2 is 2.17 bits per heavy atom. The second kappa shape index (κ2) is 4.97. The molecule has 2 saturated carbocycles. The lowest BCUT2D eigenvalue weighted by Crippen LogP contribution is -2.26. The highest BCUT2D eigenvalue weighted by Crippen LogP contribution is 2.40. The molecular formula is C13H21N3O2. The van der Waals surface area contributed by atoms with Gasteiger partial charge >= 0.3 is 0 Å². The highest BCUT2D eigenvalue weighted by Gasteiger charge is 2.40. The lowest BCUT2D eigenvalue weighted by molar-refractivity contribution is -0.0178. The summed E-state index contributed by atoms with van der Waals surface area (Å²) >= 11 is 0. The summed E-state index contributed by atoms with van der Waals surface area (Å²) in [5.41, 5.74) is -0.293. The van der Waals surface area contributed by atoms with Crippen LogP contribution in [0.2, 0.25) is 0 Å². The summed E-state index contributed by atoms with van der Waals surface area (Å²) in [6.07, 6.45) is 7.06. The first-order chi connectivity index (χ1) is 8.82. The Labute approximate surface area is 107 Å². The number of methoxy groups -OCH3 is 1. The molecule has 0 unspecified atom stereocenters. The summed E-state index contributed by atoms with van der Waals surface area (Å²) < 4.78 is 10.9. The molecule has 1 aromatic heterocycles. The fraction of sp³-hybridized carbons (Fsp3) is 0.846. The summed E-state index contributed by atoms with van der Waals surface area (Å²) in [7, 11) is 1.74. The molecule has 3 rings (SSSR count). The van der Waals surface area contributed by atoms with E-state index in [1.807, 2.05) is 0 Å². The van der Waals surface area contributed by atoms with E-state index in [1.54, 1.807) is 7.11 Å². The number of ether oxygens (including phenoxy) is 1. The van der Waals surface area contributed by atoms with Crippen LogP contribution in [0.25, 0.3) is 0 Å². The van der Waals surface area contributed by atoms with Gasteiger partial charge in [0.15, 0.2) is 0 Å². The van der Waals surface area contributed by atoms with E-state index in [0.717, 1.165) is 31.1 Å². The van der Waals surface area contributed by atoms with Crippen LogP contribution in [0.5, 0.6) is 0 Å². The van der Waals surface area contributed by atoms with E-state index in [2.05, 4.69) is 15.5 Å². The fourth-order valence-electron chi connectivity index (χ4n) is 2.68. The highest BCUT2D eigenvalue weighted by atomic mass is 16.5. The van der Waals surface area contributed by atoms with Gasteiger partial charge in [-0.3, -0.25) is 0 Å². The van der Waals surface area contributed by atoms with Gasteiger partial charge in [0.05, 0.1) is 6.54 Å². The van der Waals surface area contributed by atoms with Crippen molar-refractivity contribution < 1.29 is 9.26 Å². The Bertz CT molecular complexity index is 395. The zero-order valence-corrected chi connectivity index (χ0v) is 10.9. The summed E-state index contributed by atoms with van der Waals surface area (Å²) in [6.45, 7) is 1.73. The fourth-order valence-corrected chi connectivity index (χ4v) is 2.68. The second-order valence-electron chi connectivity index (χ2n) is 5.49. The average molecular weight is 251 g/mol. The lowest BCUT2D eigenvalue weighted by atomic mass is 10.0. The Morgan fingerprint density at radius 1 is 1.39 bits per heavy atom. The van der Waals surface area contributed by atoms with Gasteiger partial charge in [-0.1, -0.05) is 5.16 Å². The SMILES string of the molecule is COC1(c2noc(CNCC3CC3)n2)CCCC1. The first kappa shape index (κ1) is 12.1. The predicted octanol–water partition coefficient (Wildman–Crippen LogP) is 1.98. The van der Waals surface area contributed by atoms with E-state index in [9.17, 15) is 0 Å². The molecule has 2 aliphatic rings. The lowest BCUT2D eigenvalue weighted by Gasteiger charge is -2.22. The third-order valence-corrected chi connectivity index (χ3v) is 4.08.